The van der Waals surface area contributed by atoms with Gasteiger partial charge in [-0.1, -0.05) is 11.8 Å². The first-order chi connectivity index (χ1) is 8.47. The lowest BCUT2D eigenvalue weighted by atomic mass is 9.98. The van der Waals surface area contributed by atoms with Gasteiger partial charge in [0, 0.05) is 4.91 Å². The molecule has 1 amide bonds. The molecule has 6 N–H and O–H groups in total. The van der Waals surface area contributed by atoms with Crippen molar-refractivity contribution < 1.29 is 19.8 Å². The number of aliphatic imine (C=N–C) groups is 1. The van der Waals surface area contributed by atoms with E-state index in [-0.39, 0.29) is 36.1 Å². The van der Waals surface area contributed by atoms with Crippen molar-refractivity contribution in [3.63, 3.8) is 0 Å². The lowest BCUT2D eigenvalue weighted by molar-refractivity contribution is -0.153. The van der Waals surface area contributed by atoms with Crippen LogP contribution < -0.4 is 11.5 Å². The molecule has 0 aromatic carbocycles. The van der Waals surface area contributed by atoms with Crippen LogP contribution in [-0.4, -0.2) is 51.5 Å². The maximum atomic E-state index is 11.6. The number of hydrogen-bond donors (Lipinski definition) is 4. The molecular formula is C9H12N4O4S. The number of β-lactam (4-membered cyclic amide) rings is 1. The number of carboxylic acid groups (broad SMARTS) is 1. The molecule has 98 valence electrons. The molecule has 0 bridgehead atoms. The third-order valence-corrected chi connectivity index (χ3v) is 4.11. The van der Waals surface area contributed by atoms with E-state index in [0.717, 1.165) is 0 Å². The van der Waals surface area contributed by atoms with Crippen LogP contribution in [0.15, 0.2) is 15.6 Å². The summed E-state index contributed by atoms with van der Waals surface area (Å²) in [4.78, 5) is 28.1. The van der Waals surface area contributed by atoms with Crippen molar-refractivity contribution in [1.82, 2.24) is 4.90 Å². The number of aliphatic hydroxyl groups excluding tert-OH is 1. The Bertz CT molecular complexity index is 471. The number of thioether (sulfide) groups is 1. The molecular weight excluding hydrogens is 260 g/mol. The second-order valence-electron chi connectivity index (χ2n) is 3.82. The normalized spacial score (nSPS) is 25.8. The van der Waals surface area contributed by atoms with Crippen LogP contribution in [0.5, 0.6) is 0 Å². The number of fused-ring (bicyclic) bond motifs is 1. The standard InChI is InChI=1S/C9H12N4O4S/c10-9(11)12-1-4-5(8(16)17)13-6(15)3(2-14)7(13)18-4/h3,7,14H,1-2H2,(H,16,17)(H4,10,11,12)/t3-,7+/m0/s1. The van der Waals surface area contributed by atoms with Gasteiger partial charge < -0.3 is 21.7 Å². The molecule has 0 radical (unpaired) electrons. The number of hydrogen-bond acceptors (Lipinski definition) is 5. The fraction of sp³-hybridized carbons (Fsp3) is 0.444. The first-order valence-corrected chi connectivity index (χ1v) is 5.97. The minimum Gasteiger partial charge on any atom is -0.477 e. The minimum atomic E-state index is -1.20. The molecule has 2 rings (SSSR count). The Morgan fingerprint density at radius 3 is 2.67 bits per heavy atom. The summed E-state index contributed by atoms with van der Waals surface area (Å²) in [5.41, 5.74) is 10.3. The molecule has 2 heterocycles. The van der Waals surface area contributed by atoms with Crippen LogP contribution in [0.25, 0.3) is 0 Å². The van der Waals surface area contributed by atoms with Crippen molar-refractivity contribution in [3.8, 4) is 0 Å². The lowest BCUT2D eigenvalue weighted by Gasteiger charge is -2.41. The van der Waals surface area contributed by atoms with Gasteiger partial charge in [0.15, 0.2) is 5.96 Å². The zero-order chi connectivity index (χ0) is 13.4. The van der Waals surface area contributed by atoms with Crippen LogP contribution in [-0.2, 0) is 9.59 Å². The molecule has 1 saturated heterocycles. The second-order valence-corrected chi connectivity index (χ2v) is 5.04. The lowest BCUT2D eigenvalue weighted by Crippen LogP contribution is -2.58. The largest absolute Gasteiger partial charge is 0.477 e. The van der Waals surface area contributed by atoms with Gasteiger partial charge in [-0.3, -0.25) is 9.69 Å². The highest BCUT2D eigenvalue weighted by Crippen LogP contribution is 2.48. The Balaban J connectivity index is 2.26. The predicted octanol–water partition coefficient (Wildman–Crippen LogP) is -1.92. The zero-order valence-corrected chi connectivity index (χ0v) is 10.1. The van der Waals surface area contributed by atoms with Crippen LogP contribution in [0, 0.1) is 5.92 Å². The summed E-state index contributed by atoms with van der Waals surface area (Å²) in [6.45, 7) is -0.275. The molecule has 0 saturated carbocycles. The van der Waals surface area contributed by atoms with Crippen LogP contribution in [0.4, 0.5) is 0 Å². The van der Waals surface area contributed by atoms with Gasteiger partial charge in [-0.2, -0.15) is 0 Å². The molecule has 0 spiro atoms. The average Bonchev–Trinajstić information content (AvgIpc) is 2.62. The molecule has 9 heteroatoms. The molecule has 0 aromatic heterocycles. The summed E-state index contributed by atoms with van der Waals surface area (Å²) in [7, 11) is 0. The number of aliphatic hydroxyl groups is 1. The predicted molar refractivity (Wildman–Crippen MR) is 64.1 cm³/mol. The van der Waals surface area contributed by atoms with Crippen molar-refractivity contribution >= 4 is 29.6 Å². The van der Waals surface area contributed by atoms with Gasteiger partial charge in [0.2, 0.25) is 5.91 Å². The molecule has 0 aromatic rings. The van der Waals surface area contributed by atoms with Gasteiger partial charge in [0.1, 0.15) is 11.1 Å². The maximum Gasteiger partial charge on any atom is 0.353 e. The Labute approximate surface area is 106 Å². The Morgan fingerprint density at radius 2 is 2.17 bits per heavy atom. The number of nitrogens with two attached hydrogens (primary N) is 2. The highest BCUT2D eigenvalue weighted by molar-refractivity contribution is 8.04. The van der Waals surface area contributed by atoms with Crippen molar-refractivity contribution in [2.75, 3.05) is 13.2 Å². The summed E-state index contributed by atoms with van der Waals surface area (Å²) in [6.07, 6.45) is 0. The van der Waals surface area contributed by atoms with Gasteiger partial charge >= 0.3 is 5.97 Å². The quantitative estimate of drug-likeness (QED) is 0.265. The number of rotatable bonds is 4. The molecule has 2 aliphatic rings. The van der Waals surface area contributed by atoms with Crippen molar-refractivity contribution in [2.45, 2.75) is 5.37 Å². The van der Waals surface area contributed by atoms with E-state index in [9.17, 15) is 9.59 Å². The average molecular weight is 272 g/mol. The monoisotopic (exact) mass is 272 g/mol. The Hall–Kier alpha value is -1.74. The van der Waals surface area contributed by atoms with Crippen LogP contribution in [0.2, 0.25) is 0 Å². The number of aliphatic carboxylic acids is 1. The van der Waals surface area contributed by atoms with E-state index in [1.807, 2.05) is 0 Å². The molecule has 0 unspecified atom stereocenters. The van der Waals surface area contributed by atoms with Crippen molar-refractivity contribution in [1.29, 1.82) is 0 Å². The molecule has 8 nitrogen and oxygen atoms in total. The van der Waals surface area contributed by atoms with Crippen LogP contribution in [0.3, 0.4) is 0 Å². The number of amides is 1. The van der Waals surface area contributed by atoms with E-state index in [1.165, 1.54) is 16.7 Å². The number of carbonyl (C=O) groups is 2. The molecule has 18 heavy (non-hydrogen) atoms. The van der Waals surface area contributed by atoms with Crippen molar-refractivity contribution in [2.24, 2.45) is 22.4 Å². The number of nitrogens with zero attached hydrogens (tertiary/aromatic N) is 2. The third kappa shape index (κ3) is 1.81. The number of carboxylic acids is 1. The van der Waals surface area contributed by atoms with Gasteiger partial charge in [0.25, 0.3) is 0 Å². The minimum absolute atomic E-state index is 0.0209. The summed E-state index contributed by atoms with van der Waals surface area (Å²) in [5.74, 6) is -2.28. The van der Waals surface area contributed by atoms with Gasteiger partial charge in [0.05, 0.1) is 19.1 Å². The maximum absolute atomic E-state index is 11.6. The topological polar surface area (TPSA) is 142 Å². The summed E-state index contributed by atoms with van der Waals surface area (Å²) >= 11 is 1.20. The third-order valence-electron chi connectivity index (χ3n) is 2.73. The SMILES string of the molecule is NC(N)=NCC1=C(C(=O)O)N2C(=O)[C@H](CO)[C@H]2S1. The Morgan fingerprint density at radius 1 is 1.50 bits per heavy atom. The van der Waals surface area contributed by atoms with E-state index in [4.69, 9.17) is 21.7 Å². The molecule has 0 aliphatic carbocycles. The smallest absolute Gasteiger partial charge is 0.353 e. The first-order valence-electron chi connectivity index (χ1n) is 5.09. The van der Waals surface area contributed by atoms with Crippen molar-refractivity contribution in [3.05, 3.63) is 10.6 Å². The van der Waals surface area contributed by atoms with Gasteiger partial charge in [-0.05, 0) is 0 Å². The zero-order valence-electron chi connectivity index (χ0n) is 9.24. The van der Waals surface area contributed by atoms with Gasteiger partial charge in [-0.25, -0.2) is 9.79 Å². The van der Waals surface area contributed by atoms with E-state index in [2.05, 4.69) is 4.99 Å². The Kier molecular flexibility index (Phi) is 3.18. The van der Waals surface area contributed by atoms with Gasteiger partial charge in [-0.15, -0.1) is 0 Å². The van der Waals surface area contributed by atoms with Crippen LogP contribution >= 0.6 is 11.8 Å². The fourth-order valence-corrected chi connectivity index (χ4v) is 3.31. The van der Waals surface area contributed by atoms with E-state index >= 15 is 0 Å². The highest BCUT2D eigenvalue weighted by Gasteiger charge is 2.55. The highest BCUT2D eigenvalue weighted by atomic mass is 32.2. The number of guanidine groups is 1. The fourth-order valence-electron chi connectivity index (χ4n) is 1.90. The first kappa shape index (κ1) is 12.7. The van der Waals surface area contributed by atoms with E-state index < -0.39 is 11.9 Å². The van der Waals surface area contributed by atoms with E-state index in [1.54, 1.807) is 0 Å². The number of carbonyl (C=O) groups excluding carboxylic acids is 1. The molecule has 1 fully saturated rings. The summed E-state index contributed by atoms with van der Waals surface area (Å²) < 4.78 is 0. The molecule has 2 atom stereocenters. The van der Waals surface area contributed by atoms with Crippen LogP contribution in [0.1, 0.15) is 0 Å². The second kappa shape index (κ2) is 4.50. The van der Waals surface area contributed by atoms with E-state index in [0.29, 0.717) is 4.91 Å². The summed E-state index contributed by atoms with van der Waals surface area (Å²) in [5, 5.41) is 17.8. The molecule has 2 aliphatic heterocycles. The summed E-state index contributed by atoms with van der Waals surface area (Å²) in [6, 6.07) is 0.